The second-order valence-corrected chi connectivity index (χ2v) is 6.42. The minimum Gasteiger partial charge on any atom is -0.399 e. The minimum absolute atomic E-state index is 0.0385. The molecule has 1 aromatic rings. The van der Waals surface area contributed by atoms with Crippen LogP contribution in [-0.4, -0.2) is 40.6 Å². The molecule has 0 aromatic heterocycles. The van der Waals surface area contributed by atoms with Crippen molar-refractivity contribution >= 4 is 21.6 Å². The number of nitrogen functional groups attached to an aromatic ring is 1. The van der Waals surface area contributed by atoms with E-state index in [1.54, 1.807) is 13.0 Å². The number of hydrogen-bond donors (Lipinski definition) is 3. The van der Waals surface area contributed by atoms with Crippen molar-refractivity contribution in [2.75, 3.05) is 26.0 Å². The van der Waals surface area contributed by atoms with E-state index < -0.39 is 22.0 Å². The van der Waals surface area contributed by atoms with E-state index in [9.17, 15) is 13.2 Å². The van der Waals surface area contributed by atoms with Crippen molar-refractivity contribution in [3.63, 3.8) is 0 Å². The van der Waals surface area contributed by atoms with Crippen molar-refractivity contribution in [3.05, 3.63) is 23.8 Å². The lowest BCUT2D eigenvalue weighted by molar-refractivity contribution is -0.122. The van der Waals surface area contributed by atoms with Gasteiger partial charge >= 0.3 is 0 Å². The Kier molecular flexibility index (Phi) is 6.13. The third-order valence-electron chi connectivity index (χ3n) is 2.71. The zero-order valence-corrected chi connectivity index (χ0v) is 13.2. The van der Waals surface area contributed by atoms with E-state index in [0.717, 1.165) is 5.56 Å². The maximum atomic E-state index is 12.2. The first-order valence-corrected chi connectivity index (χ1v) is 7.90. The smallest absolute Gasteiger partial charge is 0.241 e. The molecule has 0 radical (unpaired) electrons. The van der Waals surface area contributed by atoms with E-state index in [-0.39, 0.29) is 4.90 Å². The van der Waals surface area contributed by atoms with E-state index in [0.29, 0.717) is 18.8 Å². The molecule has 4 N–H and O–H groups in total. The number of nitrogens with one attached hydrogen (secondary N) is 2. The lowest BCUT2D eigenvalue weighted by Gasteiger charge is -2.15. The number of sulfonamides is 1. The van der Waals surface area contributed by atoms with E-state index in [1.165, 1.54) is 26.2 Å². The zero-order chi connectivity index (χ0) is 16.0. The molecule has 0 saturated heterocycles. The number of benzene rings is 1. The zero-order valence-electron chi connectivity index (χ0n) is 12.3. The van der Waals surface area contributed by atoms with Crippen LogP contribution in [0.5, 0.6) is 0 Å². The minimum atomic E-state index is -3.80. The number of amides is 1. The van der Waals surface area contributed by atoms with Gasteiger partial charge in [-0.05, 0) is 37.6 Å². The predicted molar refractivity (Wildman–Crippen MR) is 80.3 cm³/mol. The fourth-order valence-electron chi connectivity index (χ4n) is 1.72. The highest BCUT2D eigenvalue weighted by atomic mass is 32.2. The molecule has 7 nitrogen and oxygen atoms in total. The summed E-state index contributed by atoms with van der Waals surface area (Å²) in [5, 5.41) is 2.56. The third-order valence-corrected chi connectivity index (χ3v) is 4.23. The molecule has 1 aromatic carbocycles. The number of ether oxygens (including phenoxy) is 1. The summed E-state index contributed by atoms with van der Waals surface area (Å²) >= 11 is 0. The summed E-state index contributed by atoms with van der Waals surface area (Å²) < 4.78 is 31.5. The van der Waals surface area contributed by atoms with Crippen molar-refractivity contribution in [2.45, 2.75) is 24.8 Å². The van der Waals surface area contributed by atoms with Crippen LogP contribution in [0.4, 0.5) is 5.69 Å². The van der Waals surface area contributed by atoms with Gasteiger partial charge in [-0.2, -0.15) is 4.72 Å². The summed E-state index contributed by atoms with van der Waals surface area (Å²) in [6.45, 7) is 3.90. The normalized spacial score (nSPS) is 12.9. The SMILES string of the molecule is COCCNC(=O)C(C)NS(=O)(=O)c1cc(C)cc(N)c1. The molecule has 8 heteroatoms. The second kappa shape index (κ2) is 7.39. The van der Waals surface area contributed by atoms with E-state index in [1.807, 2.05) is 0 Å². The van der Waals surface area contributed by atoms with Gasteiger partial charge in [0.2, 0.25) is 15.9 Å². The van der Waals surface area contributed by atoms with Crippen LogP contribution in [0.3, 0.4) is 0 Å². The summed E-state index contributed by atoms with van der Waals surface area (Å²) in [7, 11) is -2.29. The van der Waals surface area contributed by atoms with Gasteiger partial charge in [-0.1, -0.05) is 0 Å². The molecule has 0 heterocycles. The summed E-state index contributed by atoms with van der Waals surface area (Å²) in [5.74, 6) is -0.420. The Hall–Kier alpha value is -1.64. The third kappa shape index (κ3) is 5.33. The van der Waals surface area contributed by atoms with E-state index in [2.05, 4.69) is 10.0 Å². The monoisotopic (exact) mass is 315 g/mol. The van der Waals surface area contributed by atoms with Crippen LogP contribution in [0.1, 0.15) is 12.5 Å². The van der Waals surface area contributed by atoms with Crippen LogP contribution in [0.25, 0.3) is 0 Å². The Morgan fingerprint density at radius 1 is 1.38 bits per heavy atom. The highest BCUT2D eigenvalue weighted by Crippen LogP contribution is 2.16. The van der Waals surface area contributed by atoms with Crippen molar-refractivity contribution in [2.24, 2.45) is 0 Å². The van der Waals surface area contributed by atoms with Crippen molar-refractivity contribution < 1.29 is 17.9 Å². The first-order chi connectivity index (χ1) is 9.76. The van der Waals surface area contributed by atoms with Gasteiger partial charge in [0.15, 0.2) is 0 Å². The Bertz CT molecular complexity index is 581. The summed E-state index contributed by atoms with van der Waals surface area (Å²) in [6, 6.07) is 3.62. The molecule has 118 valence electrons. The molecule has 1 unspecified atom stereocenters. The van der Waals surface area contributed by atoms with Crippen molar-refractivity contribution in [3.8, 4) is 0 Å². The van der Waals surface area contributed by atoms with Crippen LogP contribution in [0.2, 0.25) is 0 Å². The molecule has 1 amide bonds. The van der Waals surface area contributed by atoms with Gasteiger partial charge < -0.3 is 15.8 Å². The molecule has 1 rings (SSSR count). The Labute approximate surface area is 124 Å². The highest BCUT2D eigenvalue weighted by Gasteiger charge is 2.22. The van der Waals surface area contributed by atoms with Crippen LogP contribution < -0.4 is 15.8 Å². The molecule has 0 bridgehead atoms. The molecule has 0 spiro atoms. The van der Waals surface area contributed by atoms with Crippen LogP contribution >= 0.6 is 0 Å². The quantitative estimate of drug-likeness (QED) is 0.485. The summed E-state index contributed by atoms with van der Waals surface area (Å²) in [6.07, 6.45) is 0. The number of carbonyl (C=O) groups is 1. The molecule has 21 heavy (non-hydrogen) atoms. The molecular weight excluding hydrogens is 294 g/mol. The van der Waals surface area contributed by atoms with E-state index in [4.69, 9.17) is 10.5 Å². The van der Waals surface area contributed by atoms with Gasteiger partial charge in [-0.3, -0.25) is 4.79 Å². The number of methoxy groups -OCH3 is 1. The van der Waals surface area contributed by atoms with Gasteiger partial charge in [-0.15, -0.1) is 0 Å². The van der Waals surface area contributed by atoms with Gasteiger partial charge in [-0.25, -0.2) is 8.42 Å². The predicted octanol–water partition coefficient (Wildman–Crippen LogP) is 0.00662. The first-order valence-electron chi connectivity index (χ1n) is 6.42. The maximum Gasteiger partial charge on any atom is 0.241 e. The van der Waals surface area contributed by atoms with Crippen LogP contribution in [0, 0.1) is 6.92 Å². The standard InChI is InChI=1S/C13H21N3O4S/c1-9-6-11(14)8-12(7-9)21(18,19)16-10(2)13(17)15-4-5-20-3/h6-8,10,16H,4-5,14H2,1-3H3,(H,15,17). The highest BCUT2D eigenvalue weighted by molar-refractivity contribution is 7.89. The number of rotatable bonds is 7. The lowest BCUT2D eigenvalue weighted by Crippen LogP contribution is -2.45. The van der Waals surface area contributed by atoms with E-state index >= 15 is 0 Å². The molecular formula is C13H21N3O4S. The first kappa shape index (κ1) is 17.4. The lowest BCUT2D eigenvalue weighted by atomic mass is 10.2. The van der Waals surface area contributed by atoms with Gasteiger partial charge in [0, 0.05) is 19.3 Å². The largest absolute Gasteiger partial charge is 0.399 e. The van der Waals surface area contributed by atoms with Crippen molar-refractivity contribution in [1.29, 1.82) is 0 Å². The second-order valence-electron chi connectivity index (χ2n) is 4.71. The molecule has 1 atom stereocenters. The maximum absolute atomic E-state index is 12.2. The Morgan fingerprint density at radius 2 is 2.05 bits per heavy atom. The number of carbonyl (C=O) groups excluding carboxylic acids is 1. The molecule has 0 aliphatic heterocycles. The summed E-state index contributed by atoms with van der Waals surface area (Å²) in [4.78, 5) is 11.8. The van der Waals surface area contributed by atoms with Crippen molar-refractivity contribution in [1.82, 2.24) is 10.0 Å². The fourth-order valence-corrected chi connectivity index (χ4v) is 3.06. The molecule has 0 aliphatic rings. The number of hydrogen-bond acceptors (Lipinski definition) is 5. The Morgan fingerprint density at radius 3 is 2.62 bits per heavy atom. The molecule has 0 saturated carbocycles. The average molecular weight is 315 g/mol. The summed E-state index contributed by atoms with van der Waals surface area (Å²) in [5.41, 5.74) is 6.73. The fraction of sp³-hybridized carbons (Fsp3) is 0.462. The number of nitrogens with two attached hydrogens (primary N) is 1. The van der Waals surface area contributed by atoms with Gasteiger partial charge in [0.25, 0.3) is 0 Å². The van der Waals surface area contributed by atoms with Gasteiger partial charge in [0.05, 0.1) is 17.5 Å². The van der Waals surface area contributed by atoms with Gasteiger partial charge in [0.1, 0.15) is 0 Å². The molecule has 0 fully saturated rings. The number of aryl methyl sites for hydroxylation is 1. The average Bonchev–Trinajstić information content (AvgIpc) is 2.37. The molecule has 0 aliphatic carbocycles. The topological polar surface area (TPSA) is 111 Å². The van der Waals surface area contributed by atoms with Crippen LogP contribution in [0.15, 0.2) is 23.1 Å². The number of anilines is 1. The van der Waals surface area contributed by atoms with Crippen LogP contribution in [-0.2, 0) is 19.6 Å². The Balaban J connectivity index is 2.77.